The van der Waals surface area contributed by atoms with Crippen LogP contribution in [0, 0.1) is 6.92 Å². The molecule has 0 aromatic carbocycles. The molecule has 0 atom stereocenters. The number of aromatic nitrogens is 5. The zero-order valence-electron chi connectivity index (χ0n) is 13.6. The van der Waals surface area contributed by atoms with E-state index in [-0.39, 0.29) is 0 Å². The maximum absolute atomic E-state index is 4.52. The first-order valence-electron chi connectivity index (χ1n) is 8.08. The van der Waals surface area contributed by atoms with Crippen LogP contribution in [0.5, 0.6) is 0 Å². The van der Waals surface area contributed by atoms with Crippen molar-refractivity contribution in [2.24, 2.45) is 0 Å². The van der Waals surface area contributed by atoms with Gasteiger partial charge in [-0.05, 0) is 31.0 Å². The van der Waals surface area contributed by atoms with E-state index in [0.29, 0.717) is 0 Å². The predicted molar refractivity (Wildman–Crippen MR) is 91.7 cm³/mol. The van der Waals surface area contributed by atoms with Crippen molar-refractivity contribution >= 4 is 5.95 Å². The smallest absolute Gasteiger partial charge is 0.225 e. The molecule has 0 amide bonds. The first kappa shape index (κ1) is 14.7. The molecule has 0 saturated carbocycles. The predicted octanol–water partition coefficient (Wildman–Crippen LogP) is 2.24. The normalized spacial score (nSPS) is 14.1. The minimum absolute atomic E-state index is 0.784. The molecule has 0 saturated heterocycles. The number of hydrogen-bond donors (Lipinski definition) is 0. The van der Waals surface area contributed by atoms with E-state index >= 15 is 0 Å². The summed E-state index contributed by atoms with van der Waals surface area (Å²) >= 11 is 0. The minimum Gasteiger partial charge on any atom is -0.340 e. The summed E-state index contributed by atoms with van der Waals surface area (Å²) in [6, 6.07) is 3.99. The molecule has 0 bridgehead atoms. The lowest BCUT2D eigenvalue weighted by molar-refractivity contribution is 0.768. The topological polar surface area (TPSA) is 67.7 Å². The Morgan fingerprint density at radius 2 is 1.67 bits per heavy atom. The number of nitrogens with zero attached hydrogens (tertiary/aromatic N) is 6. The molecule has 0 unspecified atom stereocenters. The van der Waals surface area contributed by atoms with Gasteiger partial charge in [0.15, 0.2) is 0 Å². The van der Waals surface area contributed by atoms with Gasteiger partial charge in [0.2, 0.25) is 5.95 Å². The Labute approximate surface area is 140 Å². The minimum atomic E-state index is 0.784. The number of hydrogen-bond acceptors (Lipinski definition) is 6. The van der Waals surface area contributed by atoms with Crippen molar-refractivity contribution in [2.75, 3.05) is 18.0 Å². The van der Waals surface area contributed by atoms with Crippen LogP contribution in [0.1, 0.15) is 16.8 Å². The molecule has 4 heterocycles. The molecule has 1 aliphatic rings. The fourth-order valence-corrected chi connectivity index (χ4v) is 3.03. The molecule has 0 aliphatic carbocycles. The molecular weight excluding hydrogens is 300 g/mol. The molecule has 0 fully saturated rings. The summed E-state index contributed by atoms with van der Waals surface area (Å²) < 4.78 is 0. The lowest BCUT2D eigenvalue weighted by atomic mass is 10.0. The summed E-state index contributed by atoms with van der Waals surface area (Å²) in [4.78, 5) is 24.3. The molecule has 0 spiro atoms. The van der Waals surface area contributed by atoms with E-state index in [1.807, 2.05) is 31.5 Å². The number of pyridine rings is 1. The monoisotopic (exact) mass is 318 g/mol. The van der Waals surface area contributed by atoms with Gasteiger partial charge in [-0.2, -0.15) is 0 Å². The van der Waals surface area contributed by atoms with Crippen LogP contribution in [-0.2, 0) is 12.8 Å². The highest BCUT2D eigenvalue weighted by Crippen LogP contribution is 2.26. The van der Waals surface area contributed by atoms with E-state index in [0.717, 1.165) is 54.4 Å². The Hall–Kier alpha value is -2.89. The van der Waals surface area contributed by atoms with Crippen LogP contribution >= 0.6 is 0 Å². The molecule has 24 heavy (non-hydrogen) atoms. The average molecular weight is 318 g/mol. The maximum Gasteiger partial charge on any atom is 0.225 e. The van der Waals surface area contributed by atoms with Crippen molar-refractivity contribution in [3.05, 3.63) is 60.1 Å². The molecule has 3 aromatic heterocycles. The second-order valence-electron chi connectivity index (χ2n) is 5.93. The van der Waals surface area contributed by atoms with Crippen LogP contribution in [-0.4, -0.2) is 38.0 Å². The zero-order valence-corrected chi connectivity index (χ0v) is 13.6. The fourth-order valence-electron chi connectivity index (χ4n) is 3.03. The van der Waals surface area contributed by atoms with E-state index in [2.05, 4.69) is 29.8 Å². The van der Waals surface area contributed by atoms with Crippen molar-refractivity contribution in [3.8, 4) is 11.3 Å². The average Bonchev–Trinajstić information content (AvgIpc) is 2.86. The summed E-state index contributed by atoms with van der Waals surface area (Å²) in [6.07, 6.45) is 10.7. The van der Waals surface area contributed by atoms with Gasteiger partial charge < -0.3 is 4.90 Å². The van der Waals surface area contributed by atoms with Crippen molar-refractivity contribution in [1.82, 2.24) is 24.9 Å². The van der Waals surface area contributed by atoms with E-state index in [9.17, 15) is 0 Å². The van der Waals surface area contributed by atoms with Gasteiger partial charge in [0.1, 0.15) is 6.33 Å². The lowest BCUT2D eigenvalue weighted by Crippen LogP contribution is -2.27. The van der Waals surface area contributed by atoms with Crippen LogP contribution in [0.25, 0.3) is 11.3 Å². The van der Waals surface area contributed by atoms with Gasteiger partial charge in [0.25, 0.3) is 0 Å². The molecule has 120 valence electrons. The van der Waals surface area contributed by atoms with E-state index < -0.39 is 0 Å². The van der Waals surface area contributed by atoms with Crippen LogP contribution in [0.3, 0.4) is 0 Å². The number of anilines is 1. The number of aryl methyl sites for hydroxylation is 1. The van der Waals surface area contributed by atoms with Crippen LogP contribution < -0.4 is 4.90 Å². The lowest BCUT2D eigenvalue weighted by Gasteiger charge is -2.19. The molecule has 3 aromatic rings. The Morgan fingerprint density at radius 1 is 0.917 bits per heavy atom. The van der Waals surface area contributed by atoms with Crippen molar-refractivity contribution in [2.45, 2.75) is 19.8 Å². The Bertz CT molecular complexity index is 832. The van der Waals surface area contributed by atoms with Crippen LogP contribution in [0.4, 0.5) is 5.95 Å². The van der Waals surface area contributed by atoms with Gasteiger partial charge in [-0.3, -0.25) is 4.98 Å². The molecule has 0 N–H and O–H groups in total. The Balaban J connectivity index is 1.65. The van der Waals surface area contributed by atoms with Gasteiger partial charge in [0.05, 0.1) is 5.69 Å². The summed E-state index contributed by atoms with van der Waals surface area (Å²) in [5, 5.41) is 0. The van der Waals surface area contributed by atoms with Gasteiger partial charge in [0, 0.05) is 61.1 Å². The third-order valence-corrected chi connectivity index (χ3v) is 4.29. The van der Waals surface area contributed by atoms with E-state index in [1.54, 1.807) is 18.7 Å². The van der Waals surface area contributed by atoms with E-state index in [1.165, 1.54) is 5.56 Å². The van der Waals surface area contributed by atoms with Gasteiger partial charge >= 0.3 is 0 Å². The highest BCUT2D eigenvalue weighted by Gasteiger charge is 2.20. The first-order valence-corrected chi connectivity index (χ1v) is 8.08. The SMILES string of the molecule is Cc1cnc(N2CCc3ncnc(-c4ccncc4)c3CC2)nc1. The molecule has 1 aliphatic heterocycles. The van der Waals surface area contributed by atoms with Gasteiger partial charge in [-0.15, -0.1) is 0 Å². The van der Waals surface area contributed by atoms with Crippen LogP contribution in [0.2, 0.25) is 0 Å². The van der Waals surface area contributed by atoms with Gasteiger partial charge in [-0.1, -0.05) is 0 Å². The largest absolute Gasteiger partial charge is 0.340 e. The highest BCUT2D eigenvalue weighted by atomic mass is 15.2. The molecule has 4 rings (SSSR count). The molecule has 6 heteroatoms. The number of rotatable bonds is 2. The molecule has 6 nitrogen and oxygen atoms in total. The Kier molecular flexibility index (Phi) is 3.86. The third-order valence-electron chi connectivity index (χ3n) is 4.29. The summed E-state index contributed by atoms with van der Waals surface area (Å²) in [5.74, 6) is 0.784. The molecule has 0 radical (unpaired) electrons. The quantitative estimate of drug-likeness (QED) is 0.722. The van der Waals surface area contributed by atoms with Crippen LogP contribution in [0.15, 0.2) is 43.2 Å². The standard InChI is InChI=1S/C18H18N6/c1-13-10-20-18(21-11-13)24-8-4-15-16(5-9-24)22-12-23-17(15)14-2-6-19-7-3-14/h2-3,6-7,10-12H,4-5,8-9H2,1H3. The zero-order chi connectivity index (χ0) is 16.4. The second kappa shape index (κ2) is 6.31. The van der Waals surface area contributed by atoms with E-state index in [4.69, 9.17) is 0 Å². The summed E-state index contributed by atoms with van der Waals surface area (Å²) in [6.45, 7) is 3.73. The Morgan fingerprint density at radius 3 is 2.46 bits per heavy atom. The fraction of sp³-hybridized carbons (Fsp3) is 0.278. The summed E-state index contributed by atoms with van der Waals surface area (Å²) in [7, 11) is 0. The third kappa shape index (κ3) is 2.82. The maximum atomic E-state index is 4.52. The first-order chi connectivity index (χ1) is 11.8. The van der Waals surface area contributed by atoms with Crippen molar-refractivity contribution in [3.63, 3.8) is 0 Å². The molecular formula is C18H18N6. The second-order valence-corrected chi connectivity index (χ2v) is 5.93. The highest BCUT2D eigenvalue weighted by molar-refractivity contribution is 5.63. The van der Waals surface area contributed by atoms with Crippen molar-refractivity contribution in [1.29, 1.82) is 0 Å². The summed E-state index contributed by atoms with van der Waals surface area (Å²) in [5.41, 5.74) is 5.50. The number of fused-ring (bicyclic) bond motifs is 1. The van der Waals surface area contributed by atoms with Gasteiger partial charge in [-0.25, -0.2) is 19.9 Å². The van der Waals surface area contributed by atoms with Crippen molar-refractivity contribution < 1.29 is 0 Å².